The summed E-state index contributed by atoms with van der Waals surface area (Å²) in [6.07, 6.45) is 0. The molecule has 130 valence electrons. The highest BCUT2D eigenvalue weighted by atomic mass is 127. The van der Waals surface area contributed by atoms with Gasteiger partial charge in [-0.1, -0.05) is 0 Å². The van der Waals surface area contributed by atoms with E-state index in [9.17, 15) is 4.79 Å². The standard InChI is InChI=1S/C15H24N4O3.HI/c1-16-15(19-10-11-21-2)18-9-8-17-14(20)12-4-6-13(22-3)7-5-12;/h4-7H,8-11H2,1-3H3,(H,17,20)(H2,16,18,19);1H. The third kappa shape index (κ3) is 8.60. The molecule has 1 rings (SSSR count). The Kier molecular flexibility index (Phi) is 12.1. The molecule has 23 heavy (non-hydrogen) atoms. The molecule has 8 heteroatoms. The number of rotatable bonds is 8. The van der Waals surface area contributed by atoms with Crippen LogP contribution in [-0.4, -0.2) is 59.4 Å². The Morgan fingerprint density at radius 2 is 1.65 bits per heavy atom. The van der Waals surface area contributed by atoms with Gasteiger partial charge in [-0.2, -0.15) is 0 Å². The van der Waals surface area contributed by atoms with E-state index in [2.05, 4.69) is 20.9 Å². The van der Waals surface area contributed by atoms with Crippen molar-refractivity contribution < 1.29 is 14.3 Å². The van der Waals surface area contributed by atoms with E-state index in [0.717, 1.165) is 5.75 Å². The van der Waals surface area contributed by atoms with E-state index in [1.165, 1.54) is 0 Å². The van der Waals surface area contributed by atoms with E-state index < -0.39 is 0 Å². The first-order valence-electron chi connectivity index (χ1n) is 7.07. The quantitative estimate of drug-likeness (QED) is 0.244. The molecule has 0 bridgehead atoms. The van der Waals surface area contributed by atoms with Crippen molar-refractivity contribution in [2.24, 2.45) is 4.99 Å². The van der Waals surface area contributed by atoms with Crippen LogP contribution in [0.4, 0.5) is 0 Å². The topological polar surface area (TPSA) is 84.0 Å². The molecule has 0 saturated heterocycles. The summed E-state index contributed by atoms with van der Waals surface area (Å²) in [5.74, 6) is 1.28. The number of halogens is 1. The molecule has 0 unspecified atom stereocenters. The van der Waals surface area contributed by atoms with Crippen molar-refractivity contribution in [2.75, 3.05) is 47.5 Å². The van der Waals surface area contributed by atoms with Crippen molar-refractivity contribution in [3.8, 4) is 5.75 Å². The predicted molar refractivity (Wildman–Crippen MR) is 102 cm³/mol. The highest BCUT2D eigenvalue weighted by Gasteiger charge is 2.04. The number of methoxy groups -OCH3 is 2. The van der Waals surface area contributed by atoms with Gasteiger partial charge in [-0.3, -0.25) is 9.79 Å². The molecule has 3 N–H and O–H groups in total. The minimum absolute atomic E-state index is 0. The van der Waals surface area contributed by atoms with Crippen LogP contribution in [-0.2, 0) is 4.74 Å². The molecule has 0 radical (unpaired) electrons. The summed E-state index contributed by atoms with van der Waals surface area (Å²) in [5.41, 5.74) is 0.600. The average molecular weight is 436 g/mol. The van der Waals surface area contributed by atoms with Crippen molar-refractivity contribution >= 4 is 35.8 Å². The number of hydrogen-bond acceptors (Lipinski definition) is 4. The van der Waals surface area contributed by atoms with E-state index in [1.807, 2.05) is 0 Å². The fraction of sp³-hybridized carbons (Fsp3) is 0.467. The third-order valence-corrected chi connectivity index (χ3v) is 2.88. The highest BCUT2D eigenvalue weighted by Crippen LogP contribution is 2.10. The van der Waals surface area contributed by atoms with Gasteiger partial charge < -0.3 is 25.4 Å². The number of carbonyl (C=O) groups is 1. The summed E-state index contributed by atoms with van der Waals surface area (Å²) in [6.45, 7) is 2.35. The smallest absolute Gasteiger partial charge is 0.251 e. The van der Waals surface area contributed by atoms with Crippen LogP contribution in [0.5, 0.6) is 5.75 Å². The largest absolute Gasteiger partial charge is 0.497 e. The number of hydrogen-bond donors (Lipinski definition) is 3. The molecule has 0 heterocycles. The van der Waals surface area contributed by atoms with Crippen LogP contribution in [0, 0.1) is 0 Å². The molecule has 1 amide bonds. The van der Waals surface area contributed by atoms with E-state index in [-0.39, 0.29) is 29.9 Å². The first-order valence-corrected chi connectivity index (χ1v) is 7.07. The molecular weight excluding hydrogens is 411 g/mol. The first-order chi connectivity index (χ1) is 10.7. The Labute approximate surface area is 154 Å². The maximum absolute atomic E-state index is 11.9. The summed E-state index contributed by atoms with van der Waals surface area (Å²) in [5, 5.41) is 9.03. The van der Waals surface area contributed by atoms with E-state index in [1.54, 1.807) is 45.5 Å². The monoisotopic (exact) mass is 436 g/mol. The van der Waals surface area contributed by atoms with Crippen molar-refractivity contribution in [3.63, 3.8) is 0 Å². The molecule has 0 aliphatic rings. The van der Waals surface area contributed by atoms with Gasteiger partial charge >= 0.3 is 0 Å². The lowest BCUT2D eigenvalue weighted by molar-refractivity contribution is 0.0954. The van der Waals surface area contributed by atoms with Gasteiger partial charge in [-0.05, 0) is 24.3 Å². The van der Waals surface area contributed by atoms with Crippen LogP contribution in [0.25, 0.3) is 0 Å². The van der Waals surface area contributed by atoms with Gasteiger partial charge in [0.05, 0.1) is 13.7 Å². The van der Waals surface area contributed by atoms with Crippen molar-refractivity contribution in [2.45, 2.75) is 0 Å². The molecule has 0 fully saturated rings. The number of guanidine groups is 1. The molecule has 0 aromatic heterocycles. The molecule has 1 aromatic carbocycles. The zero-order valence-corrected chi connectivity index (χ0v) is 16.0. The number of benzene rings is 1. The first kappa shape index (κ1) is 21.4. The lowest BCUT2D eigenvalue weighted by atomic mass is 10.2. The van der Waals surface area contributed by atoms with Crippen molar-refractivity contribution in [1.29, 1.82) is 0 Å². The maximum Gasteiger partial charge on any atom is 0.251 e. The summed E-state index contributed by atoms with van der Waals surface area (Å²) in [4.78, 5) is 16.0. The van der Waals surface area contributed by atoms with E-state index in [4.69, 9.17) is 9.47 Å². The van der Waals surface area contributed by atoms with Gasteiger partial charge in [-0.25, -0.2) is 0 Å². The summed E-state index contributed by atoms with van der Waals surface area (Å²) in [7, 11) is 4.93. The number of ether oxygens (including phenoxy) is 2. The number of nitrogens with zero attached hydrogens (tertiary/aromatic N) is 1. The number of nitrogens with one attached hydrogen (secondary N) is 3. The highest BCUT2D eigenvalue weighted by molar-refractivity contribution is 14.0. The normalized spacial score (nSPS) is 10.5. The Bertz CT molecular complexity index is 480. The van der Waals surface area contributed by atoms with Crippen LogP contribution in [0.2, 0.25) is 0 Å². The Morgan fingerprint density at radius 3 is 2.22 bits per heavy atom. The van der Waals surface area contributed by atoms with E-state index >= 15 is 0 Å². The van der Waals surface area contributed by atoms with Crippen LogP contribution < -0.4 is 20.7 Å². The molecule has 0 aliphatic carbocycles. The molecule has 0 spiro atoms. The second kappa shape index (κ2) is 12.9. The molecule has 0 aliphatic heterocycles. The van der Waals surface area contributed by atoms with Crippen LogP contribution >= 0.6 is 24.0 Å². The van der Waals surface area contributed by atoms with E-state index in [0.29, 0.717) is 37.8 Å². The minimum atomic E-state index is -0.119. The number of aliphatic imine (C=N–C) groups is 1. The Balaban J connectivity index is 0.00000484. The second-order valence-electron chi connectivity index (χ2n) is 4.40. The SMILES string of the molecule is CN=C(NCCNC(=O)c1ccc(OC)cc1)NCCOC.I. The van der Waals surface area contributed by atoms with Crippen molar-refractivity contribution in [1.82, 2.24) is 16.0 Å². The molecule has 1 aromatic rings. The Hall–Kier alpha value is -1.55. The fourth-order valence-corrected chi connectivity index (χ4v) is 1.69. The minimum Gasteiger partial charge on any atom is -0.497 e. The average Bonchev–Trinajstić information content (AvgIpc) is 2.57. The Morgan fingerprint density at radius 1 is 1.04 bits per heavy atom. The summed E-state index contributed by atoms with van der Waals surface area (Å²) < 4.78 is 10.0. The molecule has 0 atom stereocenters. The maximum atomic E-state index is 11.9. The van der Waals surface area contributed by atoms with Gasteiger partial charge in [0, 0.05) is 39.4 Å². The van der Waals surface area contributed by atoms with Gasteiger partial charge in [-0.15, -0.1) is 24.0 Å². The number of amides is 1. The van der Waals surface area contributed by atoms with Crippen LogP contribution in [0.15, 0.2) is 29.3 Å². The second-order valence-corrected chi connectivity index (χ2v) is 4.40. The zero-order valence-electron chi connectivity index (χ0n) is 13.7. The fourth-order valence-electron chi connectivity index (χ4n) is 1.69. The molecular formula is C15H25IN4O3. The summed E-state index contributed by atoms with van der Waals surface area (Å²) >= 11 is 0. The lowest BCUT2D eigenvalue weighted by Crippen LogP contribution is -2.42. The zero-order chi connectivity index (χ0) is 16.2. The van der Waals surface area contributed by atoms with Gasteiger partial charge in [0.1, 0.15) is 5.75 Å². The molecule has 0 saturated carbocycles. The third-order valence-electron chi connectivity index (χ3n) is 2.88. The lowest BCUT2D eigenvalue weighted by Gasteiger charge is -2.12. The predicted octanol–water partition coefficient (Wildman–Crippen LogP) is 0.854. The van der Waals surface area contributed by atoms with Gasteiger partial charge in [0.25, 0.3) is 5.91 Å². The van der Waals surface area contributed by atoms with Gasteiger partial charge in [0.2, 0.25) is 0 Å². The molecule has 7 nitrogen and oxygen atoms in total. The van der Waals surface area contributed by atoms with Crippen LogP contribution in [0.3, 0.4) is 0 Å². The van der Waals surface area contributed by atoms with Crippen molar-refractivity contribution in [3.05, 3.63) is 29.8 Å². The number of carbonyl (C=O) groups excluding carboxylic acids is 1. The van der Waals surface area contributed by atoms with Crippen LogP contribution in [0.1, 0.15) is 10.4 Å². The van der Waals surface area contributed by atoms with Gasteiger partial charge in [0.15, 0.2) is 5.96 Å². The summed E-state index contributed by atoms with van der Waals surface area (Å²) in [6, 6.07) is 6.98.